The molecule has 3 rings (SSSR count). The predicted octanol–water partition coefficient (Wildman–Crippen LogP) is 3.15. The number of carbonyl (C=O) groups excluding carboxylic acids is 1. The van der Waals surface area contributed by atoms with Crippen LogP contribution in [0, 0.1) is 0 Å². The fraction of sp³-hybridized carbons (Fsp3) is 0.316. The molecule has 0 unspecified atom stereocenters. The standard InChI is InChI=1S/C19H20ClNO6S/c1-25-16-8-4-14(20)9-13(16)11-27-19(22)12-3-7-17(26-2)18(10-12)28(23,24)21-15-5-6-15/h3-4,7-10,15,21H,5-6,11H2,1-2H3. The van der Waals surface area contributed by atoms with E-state index in [1.165, 1.54) is 32.4 Å². The molecule has 1 saturated carbocycles. The van der Waals surface area contributed by atoms with Crippen molar-refractivity contribution < 1.29 is 27.4 Å². The van der Waals surface area contributed by atoms with E-state index in [9.17, 15) is 13.2 Å². The highest BCUT2D eigenvalue weighted by Crippen LogP contribution is 2.29. The number of hydrogen-bond acceptors (Lipinski definition) is 6. The molecule has 0 aliphatic heterocycles. The molecule has 0 amide bonds. The van der Waals surface area contributed by atoms with Crippen molar-refractivity contribution in [1.29, 1.82) is 0 Å². The highest BCUT2D eigenvalue weighted by Gasteiger charge is 2.30. The van der Waals surface area contributed by atoms with Gasteiger partial charge in [0.25, 0.3) is 0 Å². The van der Waals surface area contributed by atoms with Gasteiger partial charge in [-0.2, -0.15) is 0 Å². The van der Waals surface area contributed by atoms with Gasteiger partial charge in [0.1, 0.15) is 23.0 Å². The maximum atomic E-state index is 12.6. The monoisotopic (exact) mass is 425 g/mol. The van der Waals surface area contributed by atoms with Crippen LogP contribution in [0.25, 0.3) is 0 Å². The Balaban J connectivity index is 1.80. The molecule has 1 fully saturated rings. The second-order valence-corrected chi connectivity index (χ2v) is 8.41. The van der Waals surface area contributed by atoms with Gasteiger partial charge in [-0.05, 0) is 49.2 Å². The van der Waals surface area contributed by atoms with Crippen molar-refractivity contribution in [3.8, 4) is 11.5 Å². The van der Waals surface area contributed by atoms with Gasteiger partial charge in [-0.15, -0.1) is 0 Å². The Labute approximate surface area is 168 Å². The lowest BCUT2D eigenvalue weighted by atomic mass is 10.2. The highest BCUT2D eigenvalue weighted by atomic mass is 35.5. The number of carbonyl (C=O) groups is 1. The molecule has 2 aromatic carbocycles. The molecule has 0 atom stereocenters. The van der Waals surface area contributed by atoms with Gasteiger partial charge in [-0.3, -0.25) is 0 Å². The summed E-state index contributed by atoms with van der Waals surface area (Å²) in [6, 6.07) is 9.04. The number of hydrogen-bond donors (Lipinski definition) is 1. The topological polar surface area (TPSA) is 90.9 Å². The molecule has 1 N–H and O–H groups in total. The van der Waals surface area contributed by atoms with Gasteiger partial charge in [-0.1, -0.05) is 11.6 Å². The zero-order chi connectivity index (χ0) is 20.3. The van der Waals surface area contributed by atoms with E-state index in [1.54, 1.807) is 18.2 Å². The highest BCUT2D eigenvalue weighted by molar-refractivity contribution is 7.89. The van der Waals surface area contributed by atoms with E-state index in [0.717, 1.165) is 12.8 Å². The average Bonchev–Trinajstić information content (AvgIpc) is 3.49. The van der Waals surface area contributed by atoms with E-state index in [1.807, 2.05) is 0 Å². The van der Waals surface area contributed by atoms with Crippen molar-refractivity contribution in [3.63, 3.8) is 0 Å². The Bertz CT molecular complexity index is 988. The first kappa shape index (κ1) is 20.4. The van der Waals surface area contributed by atoms with Crippen LogP contribution in [-0.2, 0) is 21.4 Å². The zero-order valence-electron chi connectivity index (χ0n) is 15.4. The van der Waals surface area contributed by atoms with Gasteiger partial charge in [0.15, 0.2) is 0 Å². The molecule has 0 spiro atoms. The fourth-order valence-corrected chi connectivity index (χ4v) is 4.28. The molecule has 1 aliphatic carbocycles. The van der Waals surface area contributed by atoms with Crippen molar-refractivity contribution in [2.45, 2.75) is 30.4 Å². The Morgan fingerprint density at radius 1 is 1.11 bits per heavy atom. The molecule has 0 radical (unpaired) electrons. The van der Waals surface area contributed by atoms with Crippen LogP contribution in [0.1, 0.15) is 28.8 Å². The Kier molecular flexibility index (Phi) is 6.12. The van der Waals surface area contributed by atoms with Crippen molar-refractivity contribution >= 4 is 27.6 Å². The zero-order valence-corrected chi connectivity index (χ0v) is 17.0. The minimum atomic E-state index is -3.80. The first-order valence-electron chi connectivity index (χ1n) is 8.54. The predicted molar refractivity (Wildman–Crippen MR) is 103 cm³/mol. The van der Waals surface area contributed by atoms with Gasteiger partial charge in [0, 0.05) is 16.6 Å². The van der Waals surface area contributed by atoms with E-state index >= 15 is 0 Å². The van der Waals surface area contributed by atoms with Gasteiger partial charge < -0.3 is 14.2 Å². The summed E-state index contributed by atoms with van der Waals surface area (Å²) in [5, 5.41) is 0.482. The molecule has 2 aromatic rings. The molecule has 0 saturated heterocycles. The lowest BCUT2D eigenvalue weighted by Crippen LogP contribution is -2.26. The Morgan fingerprint density at radius 3 is 2.43 bits per heavy atom. The van der Waals surface area contributed by atoms with Gasteiger partial charge >= 0.3 is 5.97 Å². The van der Waals surface area contributed by atoms with Crippen molar-refractivity contribution in [2.75, 3.05) is 14.2 Å². The molecule has 9 heteroatoms. The summed E-state index contributed by atoms with van der Waals surface area (Å²) in [4.78, 5) is 12.4. The lowest BCUT2D eigenvalue weighted by Gasteiger charge is -2.13. The number of ether oxygens (including phenoxy) is 3. The summed E-state index contributed by atoms with van der Waals surface area (Å²) in [5.41, 5.74) is 0.693. The van der Waals surface area contributed by atoms with Crippen molar-refractivity contribution in [2.24, 2.45) is 0 Å². The molecule has 150 valence electrons. The molecule has 28 heavy (non-hydrogen) atoms. The van der Waals surface area contributed by atoms with Crippen LogP contribution in [0.15, 0.2) is 41.3 Å². The quantitative estimate of drug-likeness (QED) is 0.653. The van der Waals surface area contributed by atoms with Crippen LogP contribution in [0.5, 0.6) is 11.5 Å². The number of halogens is 1. The number of nitrogens with one attached hydrogen (secondary N) is 1. The largest absolute Gasteiger partial charge is 0.496 e. The Morgan fingerprint density at radius 2 is 1.79 bits per heavy atom. The maximum Gasteiger partial charge on any atom is 0.338 e. The van der Waals surface area contributed by atoms with E-state index < -0.39 is 16.0 Å². The number of methoxy groups -OCH3 is 2. The Hall–Kier alpha value is -2.29. The SMILES string of the molecule is COc1ccc(Cl)cc1COC(=O)c1ccc(OC)c(S(=O)(=O)NC2CC2)c1. The van der Waals surface area contributed by atoms with Gasteiger partial charge in [-0.25, -0.2) is 17.9 Å². The van der Waals surface area contributed by atoms with Gasteiger partial charge in [0.2, 0.25) is 10.0 Å². The summed E-state index contributed by atoms with van der Waals surface area (Å²) in [7, 11) is -0.927. The summed E-state index contributed by atoms with van der Waals surface area (Å²) in [5.74, 6) is 0.0117. The average molecular weight is 426 g/mol. The van der Waals surface area contributed by atoms with Crippen LogP contribution in [0.3, 0.4) is 0 Å². The normalized spacial score (nSPS) is 13.8. The molecular formula is C19H20ClNO6S. The third kappa shape index (κ3) is 4.76. The molecule has 0 bridgehead atoms. The van der Waals surface area contributed by atoms with Crippen LogP contribution >= 0.6 is 11.6 Å². The second-order valence-electron chi connectivity index (χ2n) is 6.29. The van der Waals surface area contributed by atoms with E-state index in [2.05, 4.69) is 4.72 Å². The van der Waals surface area contributed by atoms with E-state index in [-0.39, 0.29) is 28.9 Å². The minimum Gasteiger partial charge on any atom is -0.496 e. The third-order valence-corrected chi connectivity index (χ3v) is 5.97. The summed E-state index contributed by atoms with van der Waals surface area (Å²) < 4.78 is 43.4. The number of benzene rings is 2. The number of rotatable bonds is 8. The maximum absolute atomic E-state index is 12.6. The third-order valence-electron chi connectivity index (χ3n) is 4.19. The van der Waals surface area contributed by atoms with Crippen LogP contribution in [-0.4, -0.2) is 34.6 Å². The van der Waals surface area contributed by atoms with Crippen molar-refractivity contribution in [3.05, 3.63) is 52.5 Å². The van der Waals surface area contributed by atoms with Crippen molar-refractivity contribution in [1.82, 2.24) is 4.72 Å². The molecule has 0 aromatic heterocycles. The first-order chi connectivity index (χ1) is 13.3. The molecule has 7 nitrogen and oxygen atoms in total. The smallest absolute Gasteiger partial charge is 0.338 e. The number of esters is 1. The second kappa shape index (κ2) is 8.38. The fourth-order valence-electron chi connectivity index (χ4n) is 2.58. The number of sulfonamides is 1. The minimum absolute atomic E-state index is 0.0689. The summed E-state index contributed by atoms with van der Waals surface area (Å²) in [6.45, 7) is -0.0724. The molecular weight excluding hydrogens is 406 g/mol. The lowest BCUT2D eigenvalue weighted by molar-refractivity contribution is 0.0470. The summed E-state index contributed by atoms with van der Waals surface area (Å²) >= 11 is 5.97. The van der Waals surface area contributed by atoms with Crippen LogP contribution in [0.2, 0.25) is 5.02 Å². The van der Waals surface area contributed by atoms with E-state index in [4.69, 9.17) is 25.8 Å². The summed E-state index contributed by atoms with van der Waals surface area (Å²) in [6.07, 6.45) is 1.59. The molecule has 0 heterocycles. The van der Waals surface area contributed by atoms with Crippen LogP contribution < -0.4 is 14.2 Å². The van der Waals surface area contributed by atoms with E-state index in [0.29, 0.717) is 16.3 Å². The first-order valence-corrected chi connectivity index (χ1v) is 10.4. The van der Waals surface area contributed by atoms with Gasteiger partial charge in [0.05, 0.1) is 19.8 Å². The molecule has 1 aliphatic rings. The van der Waals surface area contributed by atoms with Crippen LogP contribution in [0.4, 0.5) is 0 Å².